The van der Waals surface area contributed by atoms with Gasteiger partial charge in [0, 0.05) is 12.0 Å². The average molecular weight is 674 g/mol. The number of fused-ring (bicyclic) bond motifs is 7. The number of carbonyl (C=O) groups is 2. The Morgan fingerprint density at radius 3 is 2.29 bits per heavy atom. The molecule has 0 bridgehead atoms. The highest BCUT2D eigenvalue weighted by Gasteiger charge is 2.71. The molecule has 272 valence electrons. The summed E-state index contributed by atoms with van der Waals surface area (Å²) in [6.07, 6.45) is 13.4. The Kier molecular flexibility index (Phi) is 9.58. The van der Waals surface area contributed by atoms with Gasteiger partial charge in [0.25, 0.3) is 0 Å². The van der Waals surface area contributed by atoms with Crippen molar-refractivity contribution >= 4 is 11.9 Å². The quantitative estimate of drug-likeness (QED) is 0.147. The molecule has 0 spiro atoms. The number of ether oxygens (including phenoxy) is 1. The molecule has 0 heterocycles. The lowest BCUT2D eigenvalue weighted by molar-refractivity contribution is -0.250. The first-order chi connectivity index (χ1) is 22.9. The van der Waals surface area contributed by atoms with E-state index in [1.807, 2.05) is 0 Å². The van der Waals surface area contributed by atoms with Crippen LogP contribution in [0.25, 0.3) is 0 Å². The summed E-state index contributed by atoms with van der Waals surface area (Å²) in [6, 6.07) is 10.8. The summed E-state index contributed by atoms with van der Waals surface area (Å²) in [4.78, 5) is 24.8. The van der Waals surface area contributed by atoms with Gasteiger partial charge in [-0.15, -0.1) is 0 Å². The average Bonchev–Trinajstić information content (AvgIpc) is 3.41. The standard InChI is InChI=1S/C44H67NO4/c1-29(2)31-17-22-44(25-26-45-28-30-13-11-10-12-14-30)24-23-42(8)32(37(31)44)15-16-34-41(7)20-19-35(49-36(46)27-39(3,4)38(47)48)40(5,6)33(41)18-21-43(34,42)9/h10-14,31-35,37,45H,1,15-28H2,2-9H3,(H,47,48)/t31-,32+,33-,34+,35-,37+,41-,42+,43+,44+/m0/s1. The lowest BCUT2D eigenvalue weighted by Crippen LogP contribution is -2.66. The number of hydrogen-bond donors (Lipinski definition) is 2. The fourth-order valence-electron chi connectivity index (χ4n) is 13.7. The summed E-state index contributed by atoms with van der Waals surface area (Å²) >= 11 is 0. The molecule has 5 saturated carbocycles. The predicted molar refractivity (Wildman–Crippen MR) is 198 cm³/mol. The Morgan fingerprint density at radius 2 is 1.61 bits per heavy atom. The molecule has 5 fully saturated rings. The second-order valence-corrected chi connectivity index (χ2v) is 19.7. The van der Waals surface area contributed by atoms with Crippen LogP contribution in [-0.2, 0) is 20.9 Å². The zero-order valence-corrected chi connectivity index (χ0v) is 32.1. The number of carboxylic acids is 1. The molecule has 49 heavy (non-hydrogen) atoms. The van der Waals surface area contributed by atoms with Gasteiger partial charge in [0.2, 0.25) is 0 Å². The van der Waals surface area contributed by atoms with Crippen molar-refractivity contribution in [1.29, 1.82) is 0 Å². The zero-order chi connectivity index (χ0) is 35.6. The van der Waals surface area contributed by atoms with Crippen LogP contribution < -0.4 is 5.32 Å². The van der Waals surface area contributed by atoms with Gasteiger partial charge >= 0.3 is 11.9 Å². The van der Waals surface area contributed by atoms with Crippen LogP contribution in [0.4, 0.5) is 0 Å². The lowest BCUT2D eigenvalue weighted by Gasteiger charge is -2.73. The van der Waals surface area contributed by atoms with Crippen molar-refractivity contribution in [3.8, 4) is 0 Å². The second kappa shape index (κ2) is 12.8. The molecular weight excluding hydrogens is 606 g/mol. The fourth-order valence-corrected chi connectivity index (χ4v) is 13.7. The highest BCUT2D eigenvalue weighted by Crippen LogP contribution is 2.78. The maximum Gasteiger partial charge on any atom is 0.309 e. The summed E-state index contributed by atoms with van der Waals surface area (Å²) in [5.74, 6) is 1.92. The number of esters is 1. The van der Waals surface area contributed by atoms with Gasteiger partial charge in [0.15, 0.2) is 0 Å². The maximum atomic E-state index is 13.1. The molecule has 6 rings (SSSR count). The van der Waals surface area contributed by atoms with Crippen molar-refractivity contribution < 1.29 is 19.4 Å². The largest absolute Gasteiger partial charge is 0.481 e. The SMILES string of the molecule is C=C(C)[C@@H]1CC[C@]2(CCNCc3ccccc3)CC[C@]3(C)[C@H](CC[C@@H]4[C@@]5(C)CC[C@H](OC(=O)CC(C)(C)C(=O)O)C(C)(C)[C@@H]5CC[C@]43C)[C@@H]12. The van der Waals surface area contributed by atoms with E-state index in [9.17, 15) is 14.7 Å². The number of nitrogens with one attached hydrogen (secondary N) is 1. The smallest absolute Gasteiger partial charge is 0.309 e. The van der Waals surface area contributed by atoms with Crippen LogP contribution in [-0.4, -0.2) is 29.7 Å². The number of carboxylic acid groups (broad SMARTS) is 1. The summed E-state index contributed by atoms with van der Waals surface area (Å²) in [7, 11) is 0. The Hall–Kier alpha value is -2.14. The molecule has 10 atom stereocenters. The molecule has 0 unspecified atom stereocenters. The van der Waals surface area contributed by atoms with Gasteiger partial charge in [-0.25, -0.2) is 0 Å². The molecule has 0 aliphatic heterocycles. The molecule has 0 aromatic heterocycles. The molecule has 0 amide bonds. The Bertz CT molecular complexity index is 1420. The molecule has 0 saturated heterocycles. The van der Waals surface area contributed by atoms with E-state index < -0.39 is 11.4 Å². The van der Waals surface area contributed by atoms with Gasteiger partial charge in [0.1, 0.15) is 6.10 Å². The predicted octanol–water partition coefficient (Wildman–Crippen LogP) is 10.2. The van der Waals surface area contributed by atoms with Gasteiger partial charge in [-0.05, 0) is 155 Å². The third-order valence-electron chi connectivity index (χ3n) is 16.6. The number of benzene rings is 1. The minimum absolute atomic E-state index is 0.0891. The second-order valence-electron chi connectivity index (χ2n) is 19.7. The first-order valence-electron chi connectivity index (χ1n) is 19.7. The monoisotopic (exact) mass is 674 g/mol. The summed E-state index contributed by atoms with van der Waals surface area (Å²) in [5, 5.41) is 13.4. The van der Waals surface area contributed by atoms with Crippen molar-refractivity contribution in [2.75, 3.05) is 6.54 Å². The van der Waals surface area contributed by atoms with Crippen molar-refractivity contribution in [1.82, 2.24) is 5.32 Å². The van der Waals surface area contributed by atoms with Crippen LogP contribution in [0.15, 0.2) is 42.5 Å². The first-order valence-corrected chi connectivity index (χ1v) is 19.7. The first kappa shape index (κ1) is 36.6. The number of rotatable bonds is 10. The van der Waals surface area contributed by atoms with Crippen molar-refractivity contribution in [2.45, 2.75) is 145 Å². The minimum Gasteiger partial charge on any atom is -0.481 e. The zero-order valence-electron chi connectivity index (χ0n) is 32.1. The number of allylic oxidation sites excluding steroid dienone is 1. The minimum atomic E-state index is -1.12. The van der Waals surface area contributed by atoms with Crippen LogP contribution in [0.2, 0.25) is 0 Å². The van der Waals surface area contributed by atoms with E-state index in [1.54, 1.807) is 13.8 Å². The van der Waals surface area contributed by atoms with Gasteiger partial charge in [-0.1, -0.05) is 77.1 Å². The Labute approximate surface area is 297 Å². The van der Waals surface area contributed by atoms with Gasteiger partial charge < -0.3 is 15.2 Å². The summed E-state index contributed by atoms with van der Waals surface area (Å²) in [6.45, 7) is 24.9. The molecule has 5 aliphatic carbocycles. The molecule has 5 heteroatoms. The molecular formula is C44H67NO4. The lowest BCUT2D eigenvalue weighted by atomic mass is 9.32. The van der Waals surface area contributed by atoms with Crippen LogP contribution in [0, 0.1) is 62.1 Å². The maximum absolute atomic E-state index is 13.1. The highest BCUT2D eigenvalue weighted by atomic mass is 16.5. The van der Waals surface area contributed by atoms with E-state index in [4.69, 9.17) is 4.74 Å². The summed E-state index contributed by atoms with van der Waals surface area (Å²) in [5.41, 5.74) is 2.72. The van der Waals surface area contributed by atoms with Crippen molar-refractivity contribution in [3.05, 3.63) is 48.0 Å². The normalized spacial score (nSPS) is 41.1. The molecule has 0 radical (unpaired) electrons. The fraction of sp³-hybridized carbons (Fsp3) is 0.773. The third kappa shape index (κ3) is 5.94. The number of aliphatic carboxylic acids is 1. The number of carbonyl (C=O) groups excluding carboxylic acids is 1. The van der Waals surface area contributed by atoms with Gasteiger partial charge in [0.05, 0.1) is 11.8 Å². The van der Waals surface area contributed by atoms with Crippen LogP contribution >= 0.6 is 0 Å². The topological polar surface area (TPSA) is 75.6 Å². The van der Waals surface area contributed by atoms with Crippen LogP contribution in [0.5, 0.6) is 0 Å². The molecule has 1 aromatic carbocycles. The number of hydrogen-bond acceptors (Lipinski definition) is 4. The molecule has 5 aliphatic rings. The Balaban J connectivity index is 1.21. The third-order valence-corrected chi connectivity index (χ3v) is 16.6. The Morgan fingerprint density at radius 1 is 0.898 bits per heavy atom. The highest BCUT2D eigenvalue weighted by molar-refractivity contribution is 5.81. The van der Waals surface area contributed by atoms with Crippen LogP contribution in [0.3, 0.4) is 0 Å². The molecule has 2 N–H and O–H groups in total. The van der Waals surface area contributed by atoms with Crippen LogP contribution in [0.1, 0.15) is 138 Å². The van der Waals surface area contributed by atoms with E-state index in [0.717, 1.165) is 37.8 Å². The summed E-state index contributed by atoms with van der Waals surface area (Å²) < 4.78 is 6.20. The molecule has 5 nitrogen and oxygen atoms in total. The van der Waals surface area contributed by atoms with Gasteiger partial charge in [-0.3, -0.25) is 9.59 Å². The van der Waals surface area contributed by atoms with E-state index in [0.29, 0.717) is 28.6 Å². The van der Waals surface area contributed by atoms with E-state index in [1.165, 1.54) is 68.9 Å². The van der Waals surface area contributed by atoms with Gasteiger partial charge in [-0.2, -0.15) is 0 Å². The van der Waals surface area contributed by atoms with E-state index >= 15 is 0 Å². The molecule has 1 aromatic rings. The van der Waals surface area contributed by atoms with Crippen molar-refractivity contribution in [2.24, 2.45) is 62.1 Å². The van der Waals surface area contributed by atoms with Crippen molar-refractivity contribution in [3.63, 3.8) is 0 Å². The van der Waals surface area contributed by atoms with E-state index in [-0.39, 0.29) is 34.7 Å². The van der Waals surface area contributed by atoms with E-state index in [2.05, 4.69) is 83.8 Å².